The molecule has 1 fully saturated rings. The molecule has 5 nitrogen and oxygen atoms in total. The average molecular weight is 273 g/mol. The van der Waals surface area contributed by atoms with Crippen molar-refractivity contribution in [3.05, 3.63) is 10.7 Å². The number of nitrogens with zero attached hydrogens (tertiary/aromatic N) is 3. The first-order chi connectivity index (χ1) is 7.16. The van der Waals surface area contributed by atoms with Gasteiger partial charge in [-0.2, -0.15) is 4.98 Å². The summed E-state index contributed by atoms with van der Waals surface area (Å²) in [6.07, 6.45) is 3.19. The topological polar surface area (TPSA) is 75.3 Å². The number of aliphatic hydroxyl groups excluding tert-OH is 1. The van der Waals surface area contributed by atoms with E-state index in [1.807, 2.05) is 4.90 Å². The normalized spacial score (nSPS) is 21.7. The van der Waals surface area contributed by atoms with E-state index in [9.17, 15) is 5.11 Å². The lowest BCUT2D eigenvalue weighted by Gasteiger charge is -2.31. The second-order valence-corrected chi connectivity index (χ2v) is 4.50. The first kappa shape index (κ1) is 10.6. The summed E-state index contributed by atoms with van der Waals surface area (Å²) in [7, 11) is 0. The van der Waals surface area contributed by atoms with Gasteiger partial charge in [0.15, 0.2) is 0 Å². The van der Waals surface area contributed by atoms with Crippen LogP contribution in [0.25, 0.3) is 0 Å². The first-order valence-corrected chi connectivity index (χ1v) is 5.67. The Bertz CT molecular complexity index is 360. The van der Waals surface area contributed by atoms with Gasteiger partial charge < -0.3 is 15.7 Å². The molecular formula is C9H13BrN4O. The Morgan fingerprint density at radius 3 is 3.13 bits per heavy atom. The highest BCUT2D eigenvalue weighted by molar-refractivity contribution is 9.10. The van der Waals surface area contributed by atoms with Gasteiger partial charge in [-0.15, -0.1) is 0 Å². The van der Waals surface area contributed by atoms with Crippen LogP contribution < -0.4 is 10.6 Å². The molecule has 0 bridgehead atoms. The van der Waals surface area contributed by atoms with Crippen LogP contribution in [0.4, 0.5) is 11.8 Å². The highest BCUT2D eigenvalue weighted by Gasteiger charge is 2.20. The van der Waals surface area contributed by atoms with Gasteiger partial charge in [-0.25, -0.2) is 4.98 Å². The quantitative estimate of drug-likeness (QED) is 0.791. The summed E-state index contributed by atoms with van der Waals surface area (Å²) in [5.41, 5.74) is 5.54. The monoisotopic (exact) mass is 272 g/mol. The molecule has 1 aromatic rings. The summed E-state index contributed by atoms with van der Waals surface area (Å²) < 4.78 is 0.811. The predicted octanol–water partition coefficient (Wildman–Crippen LogP) is 0.782. The second kappa shape index (κ2) is 4.32. The van der Waals surface area contributed by atoms with Crippen molar-refractivity contribution in [2.75, 3.05) is 23.7 Å². The molecule has 1 unspecified atom stereocenters. The molecule has 15 heavy (non-hydrogen) atoms. The van der Waals surface area contributed by atoms with E-state index in [0.29, 0.717) is 6.54 Å². The fraction of sp³-hybridized carbons (Fsp3) is 0.556. The van der Waals surface area contributed by atoms with Crippen molar-refractivity contribution >= 4 is 27.7 Å². The van der Waals surface area contributed by atoms with Gasteiger partial charge in [0.2, 0.25) is 5.95 Å². The number of hydrogen-bond acceptors (Lipinski definition) is 5. The van der Waals surface area contributed by atoms with E-state index in [4.69, 9.17) is 5.73 Å². The van der Waals surface area contributed by atoms with Gasteiger partial charge in [-0.3, -0.25) is 0 Å². The minimum Gasteiger partial charge on any atom is -0.391 e. The van der Waals surface area contributed by atoms with Gasteiger partial charge in [-0.05, 0) is 28.8 Å². The Hall–Kier alpha value is -0.880. The molecule has 3 N–H and O–H groups in total. The Balaban J connectivity index is 2.24. The molecule has 1 atom stereocenters. The minimum absolute atomic E-state index is 0.258. The van der Waals surface area contributed by atoms with Gasteiger partial charge in [0.1, 0.15) is 5.82 Å². The van der Waals surface area contributed by atoms with Gasteiger partial charge in [-0.1, -0.05) is 0 Å². The highest BCUT2D eigenvalue weighted by atomic mass is 79.9. The molecule has 1 aliphatic heterocycles. The van der Waals surface area contributed by atoms with Crippen LogP contribution in [0.5, 0.6) is 0 Å². The third kappa shape index (κ3) is 2.38. The van der Waals surface area contributed by atoms with E-state index in [1.165, 1.54) is 0 Å². The van der Waals surface area contributed by atoms with Crippen molar-refractivity contribution in [2.45, 2.75) is 18.9 Å². The van der Waals surface area contributed by atoms with Crippen molar-refractivity contribution < 1.29 is 5.11 Å². The lowest BCUT2D eigenvalue weighted by molar-refractivity contribution is 0.154. The standard InChI is InChI=1S/C9H13BrN4O/c10-7-4-12-9(11)13-8(7)14-3-1-2-6(15)5-14/h4,6,15H,1-3,5H2,(H2,11,12,13). The Labute approximate surface area is 96.5 Å². The molecule has 6 heteroatoms. The molecule has 0 radical (unpaired) electrons. The maximum Gasteiger partial charge on any atom is 0.222 e. The van der Waals surface area contributed by atoms with E-state index in [2.05, 4.69) is 25.9 Å². The Morgan fingerprint density at radius 1 is 1.60 bits per heavy atom. The summed E-state index contributed by atoms with van der Waals surface area (Å²) >= 11 is 3.38. The van der Waals surface area contributed by atoms with Crippen LogP contribution in [0, 0.1) is 0 Å². The lowest BCUT2D eigenvalue weighted by atomic mass is 10.1. The molecule has 2 heterocycles. The zero-order valence-electron chi connectivity index (χ0n) is 8.23. The number of hydrogen-bond donors (Lipinski definition) is 2. The van der Waals surface area contributed by atoms with Crippen molar-refractivity contribution in [3.8, 4) is 0 Å². The van der Waals surface area contributed by atoms with Crippen LogP contribution >= 0.6 is 15.9 Å². The van der Waals surface area contributed by atoms with Crippen molar-refractivity contribution in [1.82, 2.24) is 9.97 Å². The Morgan fingerprint density at radius 2 is 2.40 bits per heavy atom. The van der Waals surface area contributed by atoms with E-state index in [0.717, 1.165) is 29.7 Å². The number of β-amino-alcohol motifs (C(OH)–C–C–N with tert-alkyl or cyclic N) is 1. The number of aliphatic hydroxyl groups is 1. The van der Waals surface area contributed by atoms with Crippen LogP contribution in [0.2, 0.25) is 0 Å². The number of anilines is 2. The van der Waals surface area contributed by atoms with E-state index in [1.54, 1.807) is 6.20 Å². The van der Waals surface area contributed by atoms with Crippen molar-refractivity contribution in [1.29, 1.82) is 0 Å². The molecule has 0 saturated carbocycles. The summed E-state index contributed by atoms with van der Waals surface area (Å²) in [6, 6.07) is 0. The first-order valence-electron chi connectivity index (χ1n) is 4.88. The average Bonchev–Trinajstić information content (AvgIpc) is 2.22. The van der Waals surface area contributed by atoms with Gasteiger partial charge in [0.05, 0.1) is 10.6 Å². The largest absolute Gasteiger partial charge is 0.391 e. The molecule has 0 aromatic carbocycles. The zero-order chi connectivity index (χ0) is 10.8. The third-order valence-electron chi connectivity index (χ3n) is 2.44. The highest BCUT2D eigenvalue weighted by Crippen LogP contribution is 2.26. The van der Waals surface area contributed by atoms with E-state index in [-0.39, 0.29) is 12.1 Å². The predicted molar refractivity (Wildman–Crippen MR) is 61.6 cm³/mol. The summed E-state index contributed by atoms with van der Waals surface area (Å²) in [6.45, 7) is 1.50. The number of aromatic nitrogens is 2. The molecule has 2 rings (SSSR count). The smallest absolute Gasteiger partial charge is 0.222 e. The SMILES string of the molecule is Nc1ncc(Br)c(N2CCCC(O)C2)n1. The zero-order valence-corrected chi connectivity index (χ0v) is 9.81. The maximum atomic E-state index is 9.57. The lowest BCUT2D eigenvalue weighted by Crippen LogP contribution is -2.39. The van der Waals surface area contributed by atoms with E-state index < -0.39 is 0 Å². The van der Waals surface area contributed by atoms with Gasteiger partial charge in [0.25, 0.3) is 0 Å². The molecule has 0 aliphatic carbocycles. The maximum absolute atomic E-state index is 9.57. The van der Waals surface area contributed by atoms with Crippen LogP contribution in [-0.2, 0) is 0 Å². The summed E-state index contributed by atoms with van der Waals surface area (Å²) in [5, 5.41) is 9.57. The number of nitrogens with two attached hydrogens (primary N) is 1. The molecule has 82 valence electrons. The van der Waals surface area contributed by atoms with Crippen LogP contribution in [-0.4, -0.2) is 34.3 Å². The molecule has 1 aliphatic rings. The van der Waals surface area contributed by atoms with Crippen LogP contribution in [0.15, 0.2) is 10.7 Å². The molecule has 0 amide bonds. The Kier molecular flexibility index (Phi) is 3.06. The van der Waals surface area contributed by atoms with Gasteiger partial charge in [0, 0.05) is 19.3 Å². The van der Waals surface area contributed by atoms with Crippen molar-refractivity contribution in [2.24, 2.45) is 0 Å². The molecule has 0 spiro atoms. The number of piperidine rings is 1. The molecular weight excluding hydrogens is 260 g/mol. The van der Waals surface area contributed by atoms with Crippen LogP contribution in [0.3, 0.4) is 0 Å². The van der Waals surface area contributed by atoms with Crippen molar-refractivity contribution in [3.63, 3.8) is 0 Å². The number of halogens is 1. The second-order valence-electron chi connectivity index (χ2n) is 3.64. The van der Waals surface area contributed by atoms with E-state index >= 15 is 0 Å². The molecule has 1 saturated heterocycles. The van der Waals surface area contributed by atoms with Gasteiger partial charge >= 0.3 is 0 Å². The molecule has 1 aromatic heterocycles. The summed E-state index contributed by atoms with van der Waals surface area (Å²) in [4.78, 5) is 10.1. The summed E-state index contributed by atoms with van der Waals surface area (Å²) in [5.74, 6) is 1.02. The third-order valence-corrected chi connectivity index (χ3v) is 3.00. The minimum atomic E-state index is -0.276. The fourth-order valence-corrected chi connectivity index (χ4v) is 2.18. The fourth-order valence-electron chi connectivity index (χ4n) is 1.74. The van der Waals surface area contributed by atoms with Crippen LogP contribution in [0.1, 0.15) is 12.8 Å². The number of rotatable bonds is 1. The number of nitrogen functional groups attached to an aromatic ring is 1.